The van der Waals surface area contributed by atoms with Gasteiger partial charge in [0.2, 0.25) is 0 Å². The van der Waals surface area contributed by atoms with E-state index in [0.717, 1.165) is 11.8 Å². The lowest BCUT2D eigenvalue weighted by Crippen LogP contribution is -2.26. The van der Waals surface area contributed by atoms with Crippen LogP contribution < -0.4 is 5.32 Å². The molecule has 0 radical (unpaired) electrons. The molecule has 0 spiro atoms. The summed E-state index contributed by atoms with van der Waals surface area (Å²) in [5, 5.41) is 8.16. The van der Waals surface area contributed by atoms with Crippen molar-refractivity contribution < 1.29 is 18.0 Å². The Hall–Kier alpha value is -2.02. The summed E-state index contributed by atoms with van der Waals surface area (Å²) in [6.45, 7) is 1.89. The van der Waals surface area contributed by atoms with E-state index in [-0.39, 0.29) is 24.1 Å². The van der Waals surface area contributed by atoms with Crippen LogP contribution in [0.25, 0.3) is 0 Å². The standard InChI is InChI=1S/C14H13ClF3N3O/c1-8-2-3-10(11(15)6-8)13(22)19-5-4-9-7-20-21-12(9)14(16,17)18/h2-3,6-7H,4-5H2,1H3,(H,19,22)(H,20,21). The summed E-state index contributed by atoms with van der Waals surface area (Å²) >= 11 is 5.96. The van der Waals surface area contributed by atoms with Gasteiger partial charge in [0, 0.05) is 12.1 Å². The zero-order chi connectivity index (χ0) is 16.3. The number of benzene rings is 1. The normalized spacial score (nSPS) is 11.5. The summed E-state index contributed by atoms with van der Waals surface area (Å²) in [5.41, 5.74) is 0.309. The highest BCUT2D eigenvalue weighted by Gasteiger charge is 2.35. The predicted molar refractivity (Wildman–Crippen MR) is 75.8 cm³/mol. The molecule has 2 N–H and O–H groups in total. The van der Waals surface area contributed by atoms with Gasteiger partial charge in [0.1, 0.15) is 5.69 Å². The number of H-pyrrole nitrogens is 1. The smallest absolute Gasteiger partial charge is 0.352 e. The van der Waals surface area contributed by atoms with Gasteiger partial charge in [0.05, 0.1) is 16.8 Å². The summed E-state index contributed by atoms with van der Waals surface area (Å²) in [6, 6.07) is 4.96. The lowest BCUT2D eigenvalue weighted by molar-refractivity contribution is -0.141. The Balaban J connectivity index is 1.97. The molecule has 2 aromatic rings. The number of nitrogens with one attached hydrogen (secondary N) is 2. The van der Waals surface area contributed by atoms with Crippen molar-refractivity contribution >= 4 is 17.5 Å². The topological polar surface area (TPSA) is 57.8 Å². The molecule has 0 aliphatic carbocycles. The molecule has 0 fully saturated rings. The van der Waals surface area contributed by atoms with Crippen LogP contribution in [0.2, 0.25) is 5.02 Å². The molecule has 0 bridgehead atoms. The quantitative estimate of drug-likeness (QED) is 0.902. The Morgan fingerprint density at radius 2 is 2.14 bits per heavy atom. The molecule has 1 heterocycles. The van der Waals surface area contributed by atoms with Gasteiger partial charge in [0.15, 0.2) is 0 Å². The first-order chi connectivity index (χ1) is 10.3. The highest BCUT2D eigenvalue weighted by atomic mass is 35.5. The second-order valence-electron chi connectivity index (χ2n) is 4.76. The number of aromatic amines is 1. The molecule has 22 heavy (non-hydrogen) atoms. The zero-order valence-electron chi connectivity index (χ0n) is 11.6. The number of nitrogens with zero attached hydrogens (tertiary/aromatic N) is 1. The first kappa shape index (κ1) is 16.4. The van der Waals surface area contributed by atoms with Crippen LogP contribution >= 0.6 is 11.6 Å². The van der Waals surface area contributed by atoms with Crippen molar-refractivity contribution in [3.8, 4) is 0 Å². The number of halogens is 4. The first-order valence-electron chi connectivity index (χ1n) is 6.43. The van der Waals surface area contributed by atoms with Crippen molar-refractivity contribution in [2.45, 2.75) is 19.5 Å². The van der Waals surface area contributed by atoms with Gasteiger partial charge in [-0.1, -0.05) is 17.7 Å². The highest BCUT2D eigenvalue weighted by Crippen LogP contribution is 2.30. The van der Waals surface area contributed by atoms with E-state index in [1.807, 2.05) is 12.0 Å². The number of aryl methyl sites for hydroxylation is 1. The van der Waals surface area contributed by atoms with Crippen LogP contribution in [-0.4, -0.2) is 22.6 Å². The molecule has 118 valence electrons. The fraction of sp³-hybridized carbons (Fsp3) is 0.286. The minimum Gasteiger partial charge on any atom is -0.352 e. The van der Waals surface area contributed by atoms with Crippen LogP contribution in [0.5, 0.6) is 0 Å². The number of amides is 1. The average molecular weight is 332 g/mol. The monoisotopic (exact) mass is 331 g/mol. The van der Waals surface area contributed by atoms with E-state index in [4.69, 9.17) is 11.6 Å². The van der Waals surface area contributed by atoms with Gasteiger partial charge in [-0.05, 0) is 31.0 Å². The van der Waals surface area contributed by atoms with Crippen LogP contribution in [0.3, 0.4) is 0 Å². The SMILES string of the molecule is Cc1ccc(C(=O)NCCc2cn[nH]c2C(F)(F)F)c(Cl)c1. The van der Waals surface area contributed by atoms with Crippen LogP contribution in [0.4, 0.5) is 13.2 Å². The Labute approximate surface area is 129 Å². The van der Waals surface area contributed by atoms with E-state index in [1.165, 1.54) is 0 Å². The van der Waals surface area contributed by atoms with Crippen molar-refractivity contribution in [3.63, 3.8) is 0 Å². The van der Waals surface area contributed by atoms with Gasteiger partial charge in [-0.2, -0.15) is 18.3 Å². The maximum absolute atomic E-state index is 12.6. The van der Waals surface area contributed by atoms with Crippen LogP contribution in [-0.2, 0) is 12.6 Å². The Morgan fingerprint density at radius 3 is 2.77 bits per heavy atom. The minimum absolute atomic E-state index is 0.00260. The van der Waals surface area contributed by atoms with Crippen LogP contribution in [0.1, 0.15) is 27.2 Å². The number of hydrogen-bond acceptors (Lipinski definition) is 2. The number of carbonyl (C=O) groups excluding carboxylic acids is 1. The summed E-state index contributed by atoms with van der Waals surface area (Å²) < 4.78 is 37.9. The number of aromatic nitrogens is 2. The largest absolute Gasteiger partial charge is 0.433 e. The van der Waals surface area contributed by atoms with E-state index in [2.05, 4.69) is 10.4 Å². The maximum Gasteiger partial charge on any atom is 0.433 e. The Morgan fingerprint density at radius 1 is 1.41 bits per heavy atom. The molecule has 1 amide bonds. The van der Waals surface area contributed by atoms with Gasteiger partial charge < -0.3 is 5.32 Å². The molecule has 1 aromatic heterocycles. The van der Waals surface area contributed by atoms with Crippen molar-refractivity contribution in [2.24, 2.45) is 0 Å². The highest BCUT2D eigenvalue weighted by molar-refractivity contribution is 6.33. The fourth-order valence-corrected chi connectivity index (χ4v) is 2.28. The van der Waals surface area contributed by atoms with Crippen LogP contribution in [0.15, 0.2) is 24.4 Å². The maximum atomic E-state index is 12.6. The van der Waals surface area contributed by atoms with E-state index in [1.54, 1.807) is 18.2 Å². The first-order valence-corrected chi connectivity index (χ1v) is 6.80. The second-order valence-corrected chi connectivity index (χ2v) is 5.16. The van der Waals surface area contributed by atoms with Gasteiger partial charge in [-0.3, -0.25) is 9.89 Å². The van der Waals surface area contributed by atoms with Crippen molar-refractivity contribution in [1.82, 2.24) is 15.5 Å². The second kappa shape index (κ2) is 6.39. The Kier molecular flexibility index (Phi) is 4.75. The number of hydrogen-bond donors (Lipinski definition) is 2. The summed E-state index contributed by atoms with van der Waals surface area (Å²) in [5.74, 6) is -0.429. The molecular formula is C14H13ClF3N3O. The molecule has 0 unspecified atom stereocenters. The van der Waals surface area contributed by atoms with E-state index < -0.39 is 17.8 Å². The molecule has 2 rings (SSSR count). The van der Waals surface area contributed by atoms with Gasteiger partial charge in [0.25, 0.3) is 5.91 Å². The summed E-state index contributed by atoms with van der Waals surface area (Å²) in [4.78, 5) is 11.9. The van der Waals surface area contributed by atoms with Crippen LogP contribution in [0, 0.1) is 6.92 Å². The molecule has 0 saturated heterocycles. The molecule has 1 aromatic carbocycles. The molecule has 8 heteroatoms. The molecule has 0 aliphatic heterocycles. The third-order valence-corrected chi connectivity index (χ3v) is 3.36. The summed E-state index contributed by atoms with van der Waals surface area (Å²) in [7, 11) is 0. The lowest BCUT2D eigenvalue weighted by atomic mass is 10.1. The molecule has 0 atom stereocenters. The predicted octanol–water partition coefficient (Wildman–Crippen LogP) is 3.36. The average Bonchev–Trinajstić information content (AvgIpc) is 2.86. The van der Waals surface area contributed by atoms with Gasteiger partial charge >= 0.3 is 6.18 Å². The third kappa shape index (κ3) is 3.79. The zero-order valence-corrected chi connectivity index (χ0v) is 12.3. The number of alkyl halides is 3. The van der Waals surface area contributed by atoms with Crippen molar-refractivity contribution in [2.75, 3.05) is 6.54 Å². The van der Waals surface area contributed by atoms with E-state index in [9.17, 15) is 18.0 Å². The van der Waals surface area contributed by atoms with Gasteiger partial charge in [-0.25, -0.2) is 0 Å². The number of carbonyl (C=O) groups is 1. The van der Waals surface area contributed by atoms with Crippen molar-refractivity contribution in [1.29, 1.82) is 0 Å². The molecule has 0 aliphatic rings. The summed E-state index contributed by atoms with van der Waals surface area (Å²) in [6.07, 6.45) is -3.37. The third-order valence-electron chi connectivity index (χ3n) is 3.05. The molecule has 0 saturated carbocycles. The Bertz CT molecular complexity index is 682. The lowest BCUT2D eigenvalue weighted by Gasteiger charge is -2.09. The van der Waals surface area contributed by atoms with E-state index >= 15 is 0 Å². The van der Waals surface area contributed by atoms with Gasteiger partial charge in [-0.15, -0.1) is 0 Å². The minimum atomic E-state index is -4.49. The van der Waals surface area contributed by atoms with E-state index in [0.29, 0.717) is 5.02 Å². The fourth-order valence-electron chi connectivity index (χ4n) is 1.96. The molecule has 4 nitrogen and oxygen atoms in total. The number of rotatable bonds is 4. The van der Waals surface area contributed by atoms with Crippen molar-refractivity contribution in [3.05, 3.63) is 51.8 Å². The molecular weight excluding hydrogens is 319 g/mol.